The first kappa shape index (κ1) is 17.5. The average molecular weight is 383 g/mol. The van der Waals surface area contributed by atoms with Crippen molar-refractivity contribution in [3.05, 3.63) is 23.0 Å². The SMILES string of the molecule is O=C1CN(c2c(O)cc3c(c2F)CCN(CCC2CC2)CC3)S(=O)(=O)N1. The summed E-state index contributed by atoms with van der Waals surface area (Å²) < 4.78 is 41.6. The summed E-state index contributed by atoms with van der Waals surface area (Å²) in [6.45, 7) is 1.95. The van der Waals surface area contributed by atoms with Crippen LogP contribution in [0.5, 0.6) is 5.75 Å². The molecule has 2 fully saturated rings. The molecule has 3 aliphatic rings. The van der Waals surface area contributed by atoms with Crippen molar-refractivity contribution in [2.24, 2.45) is 5.92 Å². The molecular formula is C17H22FN3O4S. The number of nitrogens with zero attached hydrogens (tertiary/aromatic N) is 2. The van der Waals surface area contributed by atoms with Gasteiger partial charge in [0.15, 0.2) is 5.82 Å². The van der Waals surface area contributed by atoms with Crippen molar-refractivity contribution in [1.82, 2.24) is 9.62 Å². The Labute approximate surface area is 152 Å². The molecule has 1 aliphatic carbocycles. The summed E-state index contributed by atoms with van der Waals surface area (Å²) in [5.74, 6) is -1.11. The van der Waals surface area contributed by atoms with E-state index in [1.54, 1.807) is 4.72 Å². The molecule has 0 spiro atoms. The lowest BCUT2D eigenvalue weighted by Crippen LogP contribution is -2.30. The lowest BCUT2D eigenvalue weighted by Gasteiger charge is -2.20. The summed E-state index contributed by atoms with van der Waals surface area (Å²) in [6, 6.07) is 1.44. The summed E-state index contributed by atoms with van der Waals surface area (Å²) in [4.78, 5) is 13.7. The molecule has 2 N–H and O–H groups in total. The van der Waals surface area contributed by atoms with Crippen LogP contribution in [0.1, 0.15) is 30.4 Å². The van der Waals surface area contributed by atoms with Crippen LogP contribution in [0.3, 0.4) is 0 Å². The van der Waals surface area contributed by atoms with E-state index >= 15 is 4.39 Å². The molecule has 0 bridgehead atoms. The normalized spacial score (nSPS) is 22.8. The largest absolute Gasteiger partial charge is 0.506 e. The minimum atomic E-state index is -4.17. The monoisotopic (exact) mass is 383 g/mol. The van der Waals surface area contributed by atoms with Crippen LogP contribution in [-0.2, 0) is 27.8 Å². The molecule has 1 saturated heterocycles. The van der Waals surface area contributed by atoms with Gasteiger partial charge in [0.05, 0.1) is 0 Å². The summed E-state index contributed by atoms with van der Waals surface area (Å²) in [5.41, 5.74) is 0.698. The van der Waals surface area contributed by atoms with Gasteiger partial charge in [0.25, 0.3) is 5.91 Å². The third kappa shape index (κ3) is 3.25. The van der Waals surface area contributed by atoms with Gasteiger partial charge in [-0.15, -0.1) is 0 Å². The number of carbonyl (C=O) groups is 1. The molecule has 1 aromatic carbocycles. The van der Waals surface area contributed by atoms with Crippen molar-refractivity contribution in [3.63, 3.8) is 0 Å². The van der Waals surface area contributed by atoms with E-state index in [1.807, 2.05) is 0 Å². The molecule has 26 heavy (non-hydrogen) atoms. The van der Waals surface area contributed by atoms with Crippen LogP contribution < -0.4 is 9.03 Å². The molecule has 0 atom stereocenters. The second kappa shape index (κ2) is 6.38. The predicted molar refractivity (Wildman–Crippen MR) is 93.7 cm³/mol. The molecule has 9 heteroatoms. The van der Waals surface area contributed by atoms with Crippen LogP contribution in [0.2, 0.25) is 0 Å². The van der Waals surface area contributed by atoms with Crippen molar-refractivity contribution in [1.29, 1.82) is 0 Å². The third-order valence-corrected chi connectivity index (χ3v) is 6.79. The molecule has 1 aromatic rings. The maximum absolute atomic E-state index is 15.1. The Balaban J connectivity index is 1.61. The van der Waals surface area contributed by atoms with Crippen LogP contribution in [0.4, 0.5) is 10.1 Å². The summed E-state index contributed by atoms with van der Waals surface area (Å²) in [6.07, 6.45) is 4.83. The highest BCUT2D eigenvalue weighted by Crippen LogP contribution is 2.38. The Morgan fingerprint density at radius 3 is 2.65 bits per heavy atom. The fourth-order valence-corrected chi connectivity index (χ4v) is 4.91. The number of phenols is 1. The number of phenolic OH excluding ortho intramolecular Hbond substituents is 1. The van der Waals surface area contributed by atoms with E-state index in [2.05, 4.69) is 4.90 Å². The lowest BCUT2D eigenvalue weighted by atomic mass is 10.0. The molecule has 0 unspecified atom stereocenters. The van der Waals surface area contributed by atoms with Crippen molar-refractivity contribution < 1.29 is 22.7 Å². The number of hydrogen-bond donors (Lipinski definition) is 2. The fourth-order valence-electron chi connectivity index (χ4n) is 3.75. The van der Waals surface area contributed by atoms with Crippen LogP contribution in [0.15, 0.2) is 6.07 Å². The molecule has 0 radical (unpaired) electrons. The van der Waals surface area contributed by atoms with Gasteiger partial charge >= 0.3 is 10.2 Å². The molecule has 4 rings (SSSR count). The van der Waals surface area contributed by atoms with Crippen molar-refractivity contribution in [2.75, 3.05) is 30.5 Å². The van der Waals surface area contributed by atoms with E-state index in [1.165, 1.54) is 18.9 Å². The zero-order valence-electron chi connectivity index (χ0n) is 14.4. The molecule has 7 nitrogen and oxygen atoms in total. The number of amides is 1. The number of anilines is 1. The number of hydrogen-bond acceptors (Lipinski definition) is 5. The van der Waals surface area contributed by atoms with Crippen LogP contribution >= 0.6 is 0 Å². The maximum atomic E-state index is 15.1. The Bertz CT molecular complexity index is 854. The highest BCUT2D eigenvalue weighted by molar-refractivity contribution is 7.92. The highest BCUT2D eigenvalue weighted by atomic mass is 32.2. The van der Waals surface area contributed by atoms with Gasteiger partial charge in [-0.25, -0.2) is 13.4 Å². The Kier molecular flexibility index (Phi) is 4.31. The van der Waals surface area contributed by atoms with E-state index in [9.17, 15) is 18.3 Å². The van der Waals surface area contributed by atoms with Gasteiger partial charge < -0.3 is 10.0 Å². The van der Waals surface area contributed by atoms with E-state index in [-0.39, 0.29) is 0 Å². The number of carbonyl (C=O) groups excluding carboxylic acids is 1. The number of benzene rings is 1. The zero-order valence-corrected chi connectivity index (χ0v) is 15.2. The number of aromatic hydroxyl groups is 1. The standard InChI is InChI=1S/C17H22FN3O4S/c18-16-13-5-8-20(6-3-11-1-2-11)7-4-12(13)9-14(22)17(16)21-10-15(23)19-26(21,24)25/h9,11,22H,1-8,10H2,(H,19,23). The molecule has 2 aliphatic heterocycles. The van der Waals surface area contributed by atoms with Gasteiger partial charge in [0, 0.05) is 13.1 Å². The topological polar surface area (TPSA) is 90.0 Å². The number of nitrogens with one attached hydrogen (secondary N) is 1. The van der Waals surface area contributed by atoms with E-state index in [4.69, 9.17) is 0 Å². The van der Waals surface area contributed by atoms with Gasteiger partial charge in [0.1, 0.15) is 18.0 Å². The minimum absolute atomic E-state index is 0.432. The summed E-state index contributed by atoms with van der Waals surface area (Å²) >= 11 is 0. The van der Waals surface area contributed by atoms with E-state index in [0.29, 0.717) is 34.8 Å². The van der Waals surface area contributed by atoms with Crippen molar-refractivity contribution >= 4 is 21.8 Å². The smallest absolute Gasteiger partial charge is 0.326 e. The molecular weight excluding hydrogens is 361 g/mol. The van der Waals surface area contributed by atoms with Gasteiger partial charge in [0.2, 0.25) is 0 Å². The molecule has 142 valence electrons. The van der Waals surface area contributed by atoms with Crippen LogP contribution in [-0.4, -0.2) is 50.5 Å². The minimum Gasteiger partial charge on any atom is -0.506 e. The number of fused-ring (bicyclic) bond motifs is 1. The summed E-state index contributed by atoms with van der Waals surface area (Å²) in [7, 11) is -4.17. The van der Waals surface area contributed by atoms with Crippen molar-refractivity contribution in [2.45, 2.75) is 32.1 Å². The number of rotatable bonds is 4. The van der Waals surface area contributed by atoms with Gasteiger partial charge in [-0.2, -0.15) is 8.42 Å². The van der Waals surface area contributed by atoms with E-state index in [0.717, 1.165) is 25.4 Å². The lowest BCUT2D eigenvalue weighted by molar-refractivity contribution is -0.117. The first-order valence-corrected chi connectivity index (χ1v) is 10.4. The fraction of sp³-hybridized carbons (Fsp3) is 0.588. The zero-order chi connectivity index (χ0) is 18.5. The molecule has 1 amide bonds. The third-order valence-electron chi connectivity index (χ3n) is 5.41. The first-order valence-electron chi connectivity index (χ1n) is 8.94. The Hall–Kier alpha value is -1.87. The second-order valence-electron chi connectivity index (χ2n) is 7.31. The quantitative estimate of drug-likeness (QED) is 0.807. The Morgan fingerprint density at radius 2 is 2.00 bits per heavy atom. The maximum Gasteiger partial charge on any atom is 0.326 e. The van der Waals surface area contributed by atoms with Crippen molar-refractivity contribution in [3.8, 4) is 5.75 Å². The molecule has 2 heterocycles. The second-order valence-corrected chi connectivity index (χ2v) is 8.90. The van der Waals surface area contributed by atoms with Gasteiger partial charge in [-0.3, -0.25) is 4.79 Å². The predicted octanol–water partition coefficient (Wildman–Crippen LogP) is 0.913. The van der Waals surface area contributed by atoms with Crippen LogP contribution in [0, 0.1) is 11.7 Å². The van der Waals surface area contributed by atoms with E-state index < -0.39 is 39.9 Å². The Morgan fingerprint density at radius 1 is 1.27 bits per heavy atom. The molecule has 0 aromatic heterocycles. The number of halogens is 1. The van der Waals surface area contributed by atoms with Gasteiger partial charge in [-0.1, -0.05) is 12.8 Å². The van der Waals surface area contributed by atoms with Gasteiger partial charge in [-0.05, 0) is 48.9 Å². The summed E-state index contributed by atoms with van der Waals surface area (Å²) in [5, 5.41) is 10.3. The average Bonchev–Trinajstić information content (AvgIpc) is 3.35. The first-order chi connectivity index (χ1) is 12.3. The highest BCUT2D eigenvalue weighted by Gasteiger charge is 2.38. The van der Waals surface area contributed by atoms with Crippen LogP contribution in [0.25, 0.3) is 0 Å². The molecule has 1 saturated carbocycles.